The van der Waals surface area contributed by atoms with Crippen LogP contribution in [0.1, 0.15) is 36.0 Å². The number of aliphatic hydroxyl groups is 1. The molecule has 2 fully saturated rings. The van der Waals surface area contributed by atoms with E-state index in [9.17, 15) is 13.5 Å². The number of hydrogen-bond donors (Lipinski definition) is 1. The molecule has 1 saturated carbocycles. The first-order valence-electron chi connectivity index (χ1n) is 11.5. The largest absolute Gasteiger partial charge is 0.487 e. The number of sulfonamides is 1. The summed E-state index contributed by atoms with van der Waals surface area (Å²) in [4.78, 5) is 2.28. The van der Waals surface area contributed by atoms with E-state index in [0.29, 0.717) is 12.8 Å². The average Bonchev–Trinajstić information content (AvgIpc) is 3.11. The Morgan fingerprint density at radius 1 is 1.16 bits per heavy atom. The second kappa shape index (κ2) is 6.79. The summed E-state index contributed by atoms with van der Waals surface area (Å²) in [7, 11) is 0.234. The van der Waals surface area contributed by atoms with Gasteiger partial charge in [0.05, 0.1) is 22.8 Å². The minimum absolute atomic E-state index is 0.0235. The molecule has 0 amide bonds. The van der Waals surface area contributed by atoms with Crippen LogP contribution in [0, 0.1) is 0 Å². The lowest BCUT2D eigenvalue weighted by Crippen LogP contribution is -2.77. The SMILES string of the molecule is CN1CC[C@]23c4c5cccc4OC2C(N(C)S(=O)(=O)Cc2ccccc2)CC[C@@]3(O)[C@H]1C5. The van der Waals surface area contributed by atoms with Crippen LogP contribution in [0.3, 0.4) is 0 Å². The highest BCUT2D eigenvalue weighted by molar-refractivity contribution is 7.88. The third-order valence-electron chi connectivity index (χ3n) is 8.69. The summed E-state index contributed by atoms with van der Waals surface area (Å²) in [6.07, 6.45) is 2.35. The predicted molar refractivity (Wildman–Crippen MR) is 122 cm³/mol. The zero-order valence-corrected chi connectivity index (χ0v) is 19.4. The minimum Gasteiger partial charge on any atom is -0.487 e. The first-order valence-corrected chi connectivity index (χ1v) is 13.1. The van der Waals surface area contributed by atoms with Crippen LogP contribution < -0.4 is 4.74 Å². The van der Waals surface area contributed by atoms with Gasteiger partial charge >= 0.3 is 0 Å². The van der Waals surface area contributed by atoms with Gasteiger partial charge in [-0.25, -0.2) is 8.42 Å². The van der Waals surface area contributed by atoms with Crippen LogP contribution in [-0.4, -0.2) is 67.2 Å². The monoisotopic (exact) mass is 454 g/mol. The van der Waals surface area contributed by atoms with Crippen molar-refractivity contribution in [1.29, 1.82) is 0 Å². The fourth-order valence-electron chi connectivity index (χ4n) is 7.16. The summed E-state index contributed by atoms with van der Waals surface area (Å²) in [6, 6.07) is 15.2. The first-order chi connectivity index (χ1) is 15.3. The molecule has 0 aromatic heterocycles. The molecule has 2 aromatic rings. The van der Waals surface area contributed by atoms with Gasteiger partial charge in [-0.05, 0) is 56.5 Å². The molecular weight excluding hydrogens is 424 g/mol. The molecule has 5 atom stereocenters. The van der Waals surface area contributed by atoms with Crippen molar-refractivity contribution in [3.63, 3.8) is 0 Å². The molecule has 1 saturated heterocycles. The van der Waals surface area contributed by atoms with Crippen LogP contribution in [0.25, 0.3) is 0 Å². The van der Waals surface area contributed by atoms with Crippen molar-refractivity contribution in [1.82, 2.24) is 9.21 Å². The number of piperidine rings is 1. The van der Waals surface area contributed by atoms with Crippen molar-refractivity contribution in [2.75, 3.05) is 20.6 Å². The van der Waals surface area contributed by atoms with Crippen LogP contribution >= 0.6 is 0 Å². The Bertz CT molecular complexity index is 1170. The normalized spacial score (nSPS) is 35.4. The van der Waals surface area contributed by atoms with Gasteiger partial charge in [0.2, 0.25) is 10.0 Å². The molecule has 2 aromatic carbocycles. The van der Waals surface area contributed by atoms with E-state index < -0.39 is 21.0 Å². The van der Waals surface area contributed by atoms with Crippen LogP contribution in [-0.2, 0) is 27.6 Å². The number of likely N-dealkylation sites (N-methyl/N-ethyl adjacent to an activating group) is 2. The van der Waals surface area contributed by atoms with Crippen molar-refractivity contribution < 1.29 is 18.3 Å². The van der Waals surface area contributed by atoms with Crippen LogP contribution in [0.15, 0.2) is 48.5 Å². The second-order valence-electron chi connectivity index (χ2n) is 10.0. The summed E-state index contributed by atoms with van der Waals surface area (Å²) in [5.41, 5.74) is 1.68. The Morgan fingerprint density at radius 3 is 2.72 bits per heavy atom. The van der Waals surface area contributed by atoms with E-state index in [1.165, 1.54) is 9.87 Å². The summed E-state index contributed by atoms with van der Waals surface area (Å²) in [6.45, 7) is 0.869. The van der Waals surface area contributed by atoms with Crippen LogP contribution in [0.2, 0.25) is 0 Å². The highest BCUT2D eigenvalue weighted by atomic mass is 32.2. The van der Waals surface area contributed by atoms with Crippen molar-refractivity contribution >= 4 is 10.0 Å². The van der Waals surface area contributed by atoms with E-state index in [1.54, 1.807) is 7.05 Å². The van der Waals surface area contributed by atoms with Crippen LogP contribution in [0.5, 0.6) is 5.75 Å². The Morgan fingerprint density at radius 2 is 1.94 bits per heavy atom. The van der Waals surface area contributed by atoms with E-state index >= 15 is 0 Å². The molecule has 2 heterocycles. The zero-order chi connectivity index (χ0) is 22.3. The number of likely N-dealkylation sites (tertiary alicyclic amines) is 1. The topological polar surface area (TPSA) is 70.1 Å². The summed E-state index contributed by atoms with van der Waals surface area (Å²) >= 11 is 0. The number of benzene rings is 2. The van der Waals surface area contributed by atoms with E-state index in [0.717, 1.165) is 36.3 Å². The van der Waals surface area contributed by atoms with Crippen molar-refractivity contribution in [2.24, 2.45) is 0 Å². The van der Waals surface area contributed by atoms with Gasteiger partial charge in [-0.15, -0.1) is 0 Å². The van der Waals surface area contributed by atoms with Gasteiger partial charge in [0.1, 0.15) is 11.9 Å². The smallest absolute Gasteiger partial charge is 0.218 e. The maximum absolute atomic E-state index is 13.4. The Balaban J connectivity index is 1.43. The van der Waals surface area contributed by atoms with Crippen LogP contribution in [0.4, 0.5) is 0 Å². The molecular formula is C25H30N2O4S. The lowest BCUT2D eigenvalue weighted by Gasteiger charge is -2.64. The number of rotatable bonds is 4. The number of ether oxygens (including phenoxy) is 1. The van der Waals surface area contributed by atoms with Gasteiger partial charge in [-0.2, -0.15) is 4.31 Å². The Labute approximate surface area is 189 Å². The lowest BCUT2D eigenvalue weighted by molar-refractivity contribution is -0.191. The van der Waals surface area contributed by atoms with E-state index in [4.69, 9.17) is 4.74 Å². The van der Waals surface area contributed by atoms with Gasteiger partial charge in [0.25, 0.3) is 0 Å². The molecule has 32 heavy (non-hydrogen) atoms. The maximum Gasteiger partial charge on any atom is 0.218 e. The zero-order valence-electron chi connectivity index (χ0n) is 18.6. The Kier molecular flexibility index (Phi) is 4.39. The highest BCUT2D eigenvalue weighted by Crippen LogP contribution is 2.64. The molecule has 1 N–H and O–H groups in total. The number of nitrogens with zero attached hydrogens (tertiary/aromatic N) is 2. The fourth-order valence-corrected chi connectivity index (χ4v) is 8.61. The quantitative estimate of drug-likeness (QED) is 0.768. The second-order valence-corrected chi connectivity index (χ2v) is 12.1. The van der Waals surface area contributed by atoms with E-state index in [-0.39, 0.29) is 23.9 Å². The van der Waals surface area contributed by atoms with Gasteiger partial charge in [0, 0.05) is 18.7 Å². The maximum atomic E-state index is 13.4. The third-order valence-corrected chi connectivity index (χ3v) is 10.5. The van der Waals surface area contributed by atoms with E-state index in [1.807, 2.05) is 42.5 Å². The molecule has 2 aliphatic carbocycles. The van der Waals surface area contributed by atoms with Gasteiger partial charge in [0.15, 0.2) is 0 Å². The summed E-state index contributed by atoms with van der Waals surface area (Å²) in [5, 5.41) is 12.2. The Hall–Kier alpha value is -1.93. The average molecular weight is 455 g/mol. The highest BCUT2D eigenvalue weighted by Gasteiger charge is 2.72. The molecule has 7 heteroatoms. The lowest BCUT2D eigenvalue weighted by atomic mass is 9.48. The molecule has 2 aliphatic heterocycles. The van der Waals surface area contributed by atoms with Crippen molar-refractivity contribution in [2.45, 2.75) is 60.6 Å². The first kappa shape index (κ1) is 20.7. The molecule has 170 valence electrons. The number of hydrogen-bond acceptors (Lipinski definition) is 5. The molecule has 6 nitrogen and oxygen atoms in total. The van der Waals surface area contributed by atoms with Gasteiger partial charge in [-0.3, -0.25) is 0 Å². The minimum atomic E-state index is -3.55. The molecule has 2 bridgehead atoms. The fraction of sp³-hybridized carbons (Fsp3) is 0.520. The van der Waals surface area contributed by atoms with Crippen molar-refractivity contribution in [3.8, 4) is 5.75 Å². The van der Waals surface area contributed by atoms with Gasteiger partial charge < -0.3 is 14.7 Å². The molecule has 4 aliphatic rings. The van der Waals surface area contributed by atoms with E-state index in [2.05, 4.69) is 18.0 Å². The standard InChI is InChI=1S/C25H30N2O4S/c1-26-14-13-24-22-18-9-6-10-20(22)31-23(24)19(11-12-25(24,28)21(26)15-18)27(2)32(29,30)16-17-7-4-3-5-8-17/h3-10,19,21,23,28H,11-16H2,1-2H3/t19?,21-,23?,24+,25-/m1/s1. The van der Waals surface area contributed by atoms with Crippen molar-refractivity contribution in [3.05, 3.63) is 65.2 Å². The molecule has 1 spiro atoms. The summed E-state index contributed by atoms with van der Waals surface area (Å²) < 4.78 is 35.0. The molecule has 0 radical (unpaired) electrons. The third kappa shape index (κ3) is 2.54. The molecule has 2 unspecified atom stereocenters. The van der Waals surface area contributed by atoms with Gasteiger partial charge in [-0.1, -0.05) is 42.5 Å². The summed E-state index contributed by atoms with van der Waals surface area (Å²) in [5.74, 6) is 0.795. The molecule has 6 rings (SSSR count). The predicted octanol–water partition coefficient (Wildman–Crippen LogP) is 2.30.